The summed E-state index contributed by atoms with van der Waals surface area (Å²) in [5.41, 5.74) is 2.57. The van der Waals surface area contributed by atoms with Gasteiger partial charge in [0.05, 0.1) is 19.1 Å². The highest BCUT2D eigenvalue weighted by Crippen LogP contribution is 2.28. The van der Waals surface area contributed by atoms with Gasteiger partial charge >= 0.3 is 0 Å². The van der Waals surface area contributed by atoms with Crippen molar-refractivity contribution in [1.29, 1.82) is 0 Å². The van der Waals surface area contributed by atoms with Gasteiger partial charge in [-0.3, -0.25) is 0 Å². The van der Waals surface area contributed by atoms with Gasteiger partial charge < -0.3 is 14.2 Å². The van der Waals surface area contributed by atoms with E-state index in [0.717, 1.165) is 31.0 Å². The lowest BCUT2D eigenvalue weighted by atomic mass is 9.92. The SMILES string of the molecule is Cc1ccc(C(CCNCc2ccco2)c2ccco2)cc1. The van der Waals surface area contributed by atoms with E-state index in [0.29, 0.717) is 0 Å². The predicted octanol–water partition coefficient (Wildman–Crippen LogP) is 4.49. The van der Waals surface area contributed by atoms with Crippen molar-refractivity contribution in [2.24, 2.45) is 0 Å². The third-order valence-electron chi connectivity index (χ3n) is 3.86. The zero-order valence-electron chi connectivity index (χ0n) is 12.8. The van der Waals surface area contributed by atoms with Crippen LogP contribution in [0.4, 0.5) is 0 Å². The summed E-state index contributed by atoms with van der Waals surface area (Å²) in [6, 6.07) is 16.6. The molecule has 0 fully saturated rings. The predicted molar refractivity (Wildman–Crippen MR) is 86.8 cm³/mol. The molecule has 2 heterocycles. The van der Waals surface area contributed by atoms with E-state index in [-0.39, 0.29) is 5.92 Å². The summed E-state index contributed by atoms with van der Waals surface area (Å²) in [5.74, 6) is 2.26. The molecule has 0 spiro atoms. The van der Waals surface area contributed by atoms with Crippen LogP contribution in [0.2, 0.25) is 0 Å². The van der Waals surface area contributed by atoms with Crippen LogP contribution in [-0.4, -0.2) is 6.54 Å². The van der Waals surface area contributed by atoms with Crippen molar-refractivity contribution in [3.63, 3.8) is 0 Å². The molecule has 0 amide bonds. The summed E-state index contributed by atoms with van der Waals surface area (Å²) in [4.78, 5) is 0. The van der Waals surface area contributed by atoms with Gasteiger partial charge in [0.25, 0.3) is 0 Å². The lowest BCUT2D eigenvalue weighted by Gasteiger charge is -2.15. The Balaban J connectivity index is 1.63. The van der Waals surface area contributed by atoms with Gasteiger partial charge in [0.1, 0.15) is 11.5 Å². The highest BCUT2D eigenvalue weighted by molar-refractivity contribution is 5.30. The molecule has 114 valence electrons. The van der Waals surface area contributed by atoms with Gasteiger partial charge in [-0.2, -0.15) is 0 Å². The van der Waals surface area contributed by atoms with Crippen molar-refractivity contribution in [3.05, 3.63) is 83.7 Å². The summed E-state index contributed by atoms with van der Waals surface area (Å²) in [6.07, 6.45) is 4.43. The first kappa shape index (κ1) is 14.7. The molecular weight excluding hydrogens is 274 g/mol. The van der Waals surface area contributed by atoms with Gasteiger partial charge in [-0.15, -0.1) is 0 Å². The Labute approximate surface area is 131 Å². The molecule has 0 saturated carbocycles. The molecule has 0 aliphatic heterocycles. The maximum atomic E-state index is 5.64. The van der Waals surface area contributed by atoms with Crippen LogP contribution in [0.15, 0.2) is 69.9 Å². The van der Waals surface area contributed by atoms with Crippen LogP contribution >= 0.6 is 0 Å². The second-order valence-electron chi connectivity index (χ2n) is 5.52. The molecule has 0 aliphatic rings. The number of furan rings is 2. The number of hydrogen-bond donors (Lipinski definition) is 1. The Morgan fingerprint density at radius 2 is 1.73 bits per heavy atom. The Bertz CT molecular complexity index is 654. The van der Waals surface area contributed by atoms with Crippen LogP contribution in [0.3, 0.4) is 0 Å². The summed E-state index contributed by atoms with van der Waals surface area (Å²) in [5, 5.41) is 3.43. The largest absolute Gasteiger partial charge is 0.469 e. The molecule has 3 aromatic rings. The fourth-order valence-corrected chi connectivity index (χ4v) is 2.63. The summed E-state index contributed by atoms with van der Waals surface area (Å²) < 4.78 is 11.0. The van der Waals surface area contributed by atoms with Gasteiger partial charge in [0, 0.05) is 5.92 Å². The average molecular weight is 295 g/mol. The number of nitrogens with one attached hydrogen (secondary N) is 1. The van der Waals surface area contributed by atoms with E-state index in [2.05, 4.69) is 42.6 Å². The highest BCUT2D eigenvalue weighted by Gasteiger charge is 2.16. The number of benzene rings is 1. The molecular formula is C19H21NO2. The lowest BCUT2D eigenvalue weighted by molar-refractivity contribution is 0.452. The van der Waals surface area contributed by atoms with E-state index >= 15 is 0 Å². The van der Waals surface area contributed by atoms with Crippen LogP contribution < -0.4 is 5.32 Å². The Morgan fingerprint density at radius 3 is 2.41 bits per heavy atom. The fourth-order valence-electron chi connectivity index (χ4n) is 2.63. The van der Waals surface area contributed by atoms with E-state index in [1.165, 1.54) is 11.1 Å². The molecule has 2 aromatic heterocycles. The third-order valence-corrected chi connectivity index (χ3v) is 3.86. The molecule has 1 unspecified atom stereocenters. The smallest absolute Gasteiger partial charge is 0.117 e. The Morgan fingerprint density at radius 1 is 0.955 bits per heavy atom. The first-order chi connectivity index (χ1) is 10.8. The fraction of sp³-hybridized carbons (Fsp3) is 0.263. The second kappa shape index (κ2) is 7.14. The van der Waals surface area contributed by atoms with E-state index in [1.807, 2.05) is 18.2 Å². The number of aryl methyl sites for hydroxylation is 1. The van der Waals surface area contributed by atoms with Gasteiger partial charge in [0.2, 0.25) is 0 Å². The van der Waals surface area contributed by atoms with Crippen LogP contribution in [0.25, 0.3) is 0 Å². The van der Waals surface area contributed by atoms with Crippen molar-refractivity contribution >= 4 is 0 Å². The quantitative estimate of drug-likeness (QED) is 0.652. The minimum Gasteiger partial charge on any atom is -0.469 e. The first-order valence-electron chi connectivity index (χ1n) is 7.66. The first-order valence-corrected chi connectivity index (χ1v) is 7.66. The van der Waals surface area contributed by atoms with Crippen molar-refractivity contribution in [2.75, 3.05) is 6.54 Å². The van der Waals surface area contributed by atoms with Crippen LogP contribution in [0.5, 0.6) is 0 Å². The van der Waals surface area contributed by atoms with Gasteiger partial charge in [-0.25, -0.2) is 0 Å². The molecule has 3 nitrogen and oxygen atoms in total. The number of hydrogen-bond acceptors (Lipinski definition) is 3. The minimum absolute atomic E-state index is 0.278. The van der Waals surface area contributed by atoms with Gasteiger partial charge in [-0.05, 0) is 49.7 Å². The summed E-state index contributed by atoms with van der Waals surface area (Å²) in [6.45, 7) is 3.77. The maximum absolute atomic E-state index is 5.64. The van der Waals surface area contributed by atoms with Gasteiger partial charge in [-0.1, -0.05) is 29.8 Å². The van der Waals surface area contributed by atoms with Crippen LogP contribution in [0.1, 0.15) is 35.0 Å². The van der Waals surface area contributed by atoms with Gasteiger partial charge in [0.15, 0.2) is 0 Å². The normalized spacial score (nSPS) is 12.4. The molecule has 1 aromatic carbocycles. The van der Waals surface area contributed by atoms with Crippen molar-refractivity contribution < 1.29 is 8.83 Å². The molecule has 1 atom stereocenters. The topological polar surface area (TPSA) is 38.3 Å². The summed E-state index contributed by atoms with van der Waals surface area (Å²) >= 11 is 0. The minimum atomic E-state index is 0.278. The molecule has 0 aliphatic carbocycles. The second-order valence-corrected chi connectivity index (χ2v) is 5.52. The molecule has 0 bridgehead atoms. The van der Waals surface area contributed by atoms with Crippen LogP contribution in [0, 0.1) is 6.92 Å². The van der Waals surface area contributed by atoms with Crippen molar-refractivity contribution in [2.45, 2.75) is 25.8 Å². The van der Waals surface area contributed by atoms with Crippen LogP contribution in [-0.2, 0) is 6.54 Å². The van der Waals surface area contributed by atoms with E-state index < -0.39 is 0 Å². The van der Waals surface area contributed by atoms with E-state index in [9.17, 15) is 0 Å². The molecule has 22 heavy (non-hydrogen) atoms. The highest BCUT2D eigenvalue weighted by atomic mass is 16.3. The molecule has 3 heteroatoms. The number of rotatable bonds is 7. The zero-order valence-corrected chi connectivity index (χ0v) is 12.8. The average Bonchev–Trinajstić information content (AvgIpc) is 3.21. The Kier molecular flexibility index (Phi) is 4.76. The third kappa shape index (κ3) is 3.68. The molecule has 0 radical (unpaired) electrons. The zero-order chi connectivity index (χ0) is 15.2. The molecule has 3 rings (SSSR count). The van der Waals surface area contributed by atoms with Crippen molar-refractivity contribution in [1.82, 2.24) is 5.32 Å². The maximum Gasteiger partial charge on any atom is 0.117 e. The van der Waals surface area contributed by atoms with E-state index in [4.69, 9.17) is 8.83 Å². The summed E-state index contributed by atoms with van der Waals surface area (Å²) in [7, 11) is 0. The van der Waals surface area contributed by atoms with Crippen molar-refractivity contribution in [3.8, 4) is 0 Å². The molecule has 0 saturated heterocycles. The lowest BCUT2D eigenvalue weighted by Crippen LogP contribution is -2.17. The Hall–Kier alpha value is -2.26. The molecule has 1 N–H and O–H groups in total. The van der Waals surface area contributed by atoms with E-state index in [1.54, 1.807) is 12.5 Å². The standard InChI is InChI=1S/C19H21NO2/c1-15-6-8-16(9-7-15)18(19-5-3-13-22-19)10-11-20-14-17-4-2-12-21-17/h2-9,12-13,18,20H,10-11,14H2,1H3. The monoisotopic (exact) mass is 295 g/mol.